The zero-order valence-electron chi connectivity index (χ0n) is 10.2. The lowest BCUT2D eigenvalue weighted by atomic mass is 10.1. The van der Waals surface area contributed by atoms with Crippen LogP contribution in [0, 0.1) is 13.8 Å². The van der Waals surface area contributed by atoms with E-state index in [1.165, 1.54) is 0 Å². The van der Waals surface area contributed by atoms with E-state index in [9.17, 15) is 9.90 Å². The molecule has 0 radical (unpaired) electrons. The first-order valence-electron chi connectivity index (χ1n) is 5.46. The van der Waals surface area contributed by atoms with Gasteiger partial charge in [0, 0.05) is 12.2 Å². The Morgan fingerprint density at radius 3 is 2.76 bits per heavy atom. The summed E-state index contributed by atoms with van der Waals surface area (Å²) in [5.74, 6) is 0.130. The third-order valence-electron chi connectivity index (χ3n) is 2.39. The second kappa shape index (κ2) is 6.06. The van der Waals surface area contributed by atoms with Crippen LogP contribution in [0.2, 0.25) is 0 Å². The Hall–Kier alpha value is -1.81. The van der Waals surface area contributed by atoms with Gasteiger partial charge in [-0.3, -0.25) is 4.79 Å². The van der Waals surface area contributed by atoms with Gasteiger partial charge >= 0.3 is 0 Å². The standard InChI is InChI=1S/C13H18N2O2/c1-4-5-14-8-13(17)15-11-6-10(3)12(16)7-9(11)2/h4,6-7,14,16H,1,5,8H2,2-3H3,(H,15,17). The third-order valence-corrected chi connectivity index (χ3v) is 2.39. The van der Waals surface area contributed by atoms with Crippen LogP contribution in [0.15, 0.2) is 24.8 Å². The fourth-order valence-corrected chi connectivity index (χ4v) is 1.42. The van der Waals surface area contributed by atoms with Gasteiger partial charge in [0.2, 0.25) is 5.91 Å². The van der Waals surface area contributed by atoms with Crippen molar-refractivity contribution in [3.63, 3.8) is 0 Å². The minimum Gasteiger partial charge on any atom is -0.508 e. The molecule has 0 aliphatic rings. The van der Waals surface area contributed by atoms with Gasteiger partial charge in [-0.15, -0.1) is 6.58 Å². The quantitative estimate of drug-likeness (QED) is 0.413. The van der Waals surface area contributed by atoms with Crippen molar-refractivity contribution in [1.82, 2.24) is 5.32 Å². The molecule has 1 aromatic carbocycles. The lowest BCUT2D eigenvalue weighted by molar-refractivity contribution is -0.115. The average Bonchev–Trinajstić information content (AvgIpc) is 2.26. The summed E-state index contributed by atoms with van der Waals surface area (Å²) < 4.78 is 0. The first kappa shape index (κ1) is 13.3. The van der Waals surface area contributed by atoms with Crippen LogP contribution >= 0.6 is 0 Å². The molecule has 0 fully saturated rings. The third kappa shape index (κ3) is 3.92. The number of hydrogen-bond acceptors (Lipinski definition) is 3. The molecule has 1 amide bonds. The Morgan fingerprint density at radius 1 is 1.41 bits per heavy atom. The molecule has 0 aromatic heterocycles. The predicted octanol–water partition coefficient (Wildman–Crippen LogP) is 1.72. The normalized spacial score (nSPS) is 10.0. The minimum atomic E-state index is -0.111. The van der Waals surface area contributed by atoms with E-state index in [0.29, 0.717) is 6.54 Å². The molecule has 4 heteroatoms. The van der Waals surface area contributed by atoms with Gasteiger partial charge in [-0.25, -0.2) is 0 Å². The molecule has 1 rings (SSSR count). The molecule has 0 atom stereocenters. The molecule has 3 N–H and O–H groups in total. The topological polar surface area (TPSA) is 61.4 Å². The number of hydrogen-bond donors (Lipinski definition) is 3. The van der Waals surface area contributed by atoms with Crippen molar-refractivity contribution in [3.8, 4) is 5.75 Å². The summed E-state index contributed by atoms with van der Waals surface area (Å²) in [6.45, 7) is 8.03. The first-order chi connectivity index (χ1) is 8.04. The molecule has 92 valence electrons. The van der Waals surface area contributed by atoms with Crippen molar-refractivity contribution in [1.29, 1.82) is 0 Å². The minimum absolute atomic E-state index is 0.111. The van der Waals surface area contributed by atoms with Crippen LogP contribution in [0.4, 0.5) is 5.69 Å². The Bertz CT molecular complexity index is 428. The number of anilines is 1. The van der Waals surface area contributed by atoms with Crippen molar-refractivity contribution in [2.75, 3.05) is 18.4 Å². The number of phenols is 1. The summed E-state index contributed by atoms with van der Waals surface area (Å²) in [5.41, 5.74) is 2.31. The number of amides is 1. The van der Waals surface area contributed by atoms with Crippen LogP contribution in [0.25, 0.3) is 0 Å². The van der Waals surface area contributed by atoms with Gasteiger partial charge in [0.15, 0.2) is 0 Å². The molecular weight excluding hydrogens is 216 g/mol. The highest BCUT2D eigenvalue weighted by atomic mass is 16.3. The van der Waals surface area contributed by atoms with Gasteiger partial charge in [-0.05, 0) is 37.1 Å². The number of carbonyl (C=O) groups excluding carboxylic acids is 1. The molecule has 0 aliphatic carbocycles. The van der Waals surface area contributed by atoms with Crippen molar-refractivity contribution in [2.45, 2.75) is 13.8 Å². The van der Waals surface area contributed by atoms with Gasteiger partial charge in [0.1, 0.15) is 5.75 Å². The van der Waals surface area contributed by atoms with E-state index >= 15 is 0 Å². The molecule has 0 bridgehead atoms. The summed E-state index contributed by atoms with van der Waals surface area (Å²) in [6.07, 6.45) is 1.70. The molecule has 0 saturated carbocycles. The van der Waals surface area contributed by atoms with Crippen molar-refractivity contribution >= 4 is 11.6 Å². The van der Waals surface area contributed by atoms with Gasteiger partial charge in [0.25, 0.3) is 0 Å². The second-order valence-electron chi connectivity index (χ2n) is 3.92. The summed E-state index contributed by atoms with van der Waals surface area (Å²) in [7, 11) is 0. The average molecular weight is 234 g/mol. The van der Waals surface area contributed by atoms with E-state index < -0.39 is 0 Å². The van der Waals surface area contributed by atoms with Gasteiger partial charge in [-0.1, -0.05) is 6.08 Å². The van der Waals surface area contributed by atoms with Gasteiger partial charge < -0.3 is 15.7 Å². The zero-order valence-corrected chi connectivity index (χ0v) is 10.2. The summed E-state index contributed by atoms with van der Waals surface area (Å²) in [6, 6.07) is 3.40. The molecule has 1 aromatic rings. The van der Waals surface area contributed by atoms with Gasteiger partial charge in [0.05, 0.1) is 6.54 Å². The number of phenolic OH excluding ortho intramolecular Hbond substituents is 1. The predicted molar refractivity (Wildman–Crippen MR) is 69.3 cm³/mol. The van der Waals surface area contributed by atoms with E-state index in [0.717, 1.165) is 16.8 Å². The molecule has 0 spiro atoms. The van der Waals surface area contributed by atoms with Crippen LogP contribution in [-0.4, -0.2) is 24.1 Å². The highest BCUT2D eigenvalue weighted by Gasteiger charge is 2.06. The number of aryl methyl sites for hydroxylation is 2. The SMILES string of the molecule is C=CCNCC(=O)Nc1cc(C)c(O)cc1C. The Labute approximate surface area is 101 Å². The molecule has 0 unspecified atom stereocenters. The van der Waals surface area contributed by atoms with Crippen molar-refractivity contribution in [3.05, 3.63) is 35.9 Å². The smallest absolute Gasteiger partial charge is 0.238 e. The Balaban J connectivity index is 2.65. The summed E-state index contributed by atoms with van der Waals surface area (Å²) in [4.78, 5) is 11.6. The number of rotatable bonds is 5. The highest BCUT2D eigenvalue weighted by molar-refractivity contribution is 5.93. The number of nitrogens with one attached hydrogen (secondary N) is 2. The summed E-state index contributed by atoms with van der Waals surface area (Å²) >= 11 is 0. The number of benzene rings is 1. The molecule has 0 aliphatic heterocycles. The van der Waals surface area contributed by atoms with Crippen molar-refractivity contribution in [2.24, 2.45) is 0 Å². The van der Waals surface area contributed by atoms with Crippen LogP contribution < -0.4 is 10.6 Å². The van der Waals surface area contributed by atoms with E-state index in [1.54, 1.807) is 25.1 Å². The van der Waals surface area contributed by atoms with Gasteiger partial charge in [-0.2, -0.15) is 0 Å². The Morgan fingerprint density at radius 2 is 2.12 bits per heavy atom. The maximum atomic E-state index is 11.6. The summed E-state index contributed by atoms with van der Waals surface area (Å²) in [5, 5.41) is 15.2. The van der Waals surface area contributed by atoms with Crippen LogP contribution in [0.5, 0.6) is 5.75 Å². The zero-order chi connectivity index (χ0) is 12.8. The molecule has 0 saturated heterocycles. The maximum absolute atomic E-state index is 11.6. The fourth-order valence-electron chi connectivity index (χ4n) is 1.42. The molecule has 4 nitrogen and oxygen atoms in total. The lowest BCUT2D eigenvalue weighted by Crippen LogP contribution is -2.28. The van der Waals surface area contributed by atoms with E-state index in [1.807, 2.05) is 6.92 Å². The molecule has 0 heterocycles. The largest absolute Gasteiger partial charge is 0.508 e. The molecular formula is C13H18N2O2. The van der Waals surface area contributed by atoms with Crippen LogP contribution in [-0.2, 0) is 4.79 Å². The second-order valence-corrected chi connectivity index (χ2v) is 3.92. The monoisotopic (exact) mass is 234 g/mol. The van der Waals surface area contributed by atoms with E-state index in [-0.39, 0.29) is 18.2 Å². The fraction of sp³-hybridized carbons (Fsp3) is 0.308. The lowest BCUT2D eigenvalue weighted by Gasteiger charge is -2.10. The maximum Gasteiger partial charge on any atom is 0.238 e. The van der Waals surface area contributed by atoms with E-state index in [2.05, 4.69) is 17.2 Å². The highest BCUT2D eigenvalue weighted by Crippen LogP contribution is 2.24. The number of carbonyl (C=O) groups is 1. The van der Waals surface area contributed by atoms with Crippen LogP contribution in [0.1, 0.15) is 11.1 Å². The van der Waals surface area contributed by atoms with Crippen molar-refractivity contribution < 1.29 is 9.90 Å². The van der Waals surface area contributed by atoms with Crippen LogP contribution in [0.3, 0.4) is 0 Å². The first-order valence-corrected chi connectivity index (χ1v) is 5.46. The molecule has 17 heavy (non-hydrogen) atoms. The van der Waals surface area contributed by atoms with E-state index in [4.69, 9.17) is 0 Å². The number of aromatic hydroxyl groups is 1. The Kier molecular flexibility index (Phi) is 4.72.